The summed E-state index contributed by atoms with van der Waals surface area (Å²) in [5, 5.41) is 31.6. The van der Waals surface area contributed by atoms with Gasteiger partial charge in [-0.1, -0.05) is 0 Å². The highest BCUT2D eigenvalue weighted by Crippen LogP contribution is 2.33. The molecule has 0 radical (unpaired) electrons. The van der Waals surface area contributed by atoms with E-state index in [0.29, 0.717) is 0 Å². The predicted molar refractivity (Wildman–Crippen MR) is 75.9 cm³/mol. The summed E-state index contributed by atoms with van der Waals surface area (Å²) in [6, 6.07) is 2.13. The molecule has 1 aliphatic heterocycles. The number of aliphatic carboxylic acids is 1. The van der Waals surface area contributed by atoms with Crippen LogP contribution in [0, 0.1) is 20.2 Å². The number of hydrogen-bond acceptors (Lipinski definition) is 7. The van der Waals surface area contributed by atoms with E-state index in [2.05, 4.69) is 5.43 Å². The van der Waals surface area contributed by atoms with Crippen molar-refractivity contribution in [2.24, 2.45) is 0 Å². The van der Waals surface area contributed by atoms with Gasteiger partial charge in [-0.2, -0.15) is 0 Å². The molecule has 1 aromatic carbocycles. The SMILES string of the molecule is O=C(O)[C@@H]1C[C@@H](Cl)CN(c2ccc([N+](=O)[O-])cc2[N+](=O)[O-])N1. The molecule has 0 amide bonds. The fourth-order valence-corrected chi connectivity index (χ4v) is 2.46. The zero-order valence-corrected chi connectivity index (χ0v) is 11.8. The largest absolute Gasteiger partial charge is 0.480 e. The van der Waals surface area contributed by atoms with E-state index in [0.717, 1.165) is 12.1 Å². The van der Waals surface area contributed by atoms with Gasteiger partial charge in [0.1, 0.15) is 11.7 Å². The number of nitro groups is 2. The summed E-state index contributed by atoms with van der Waals surface area (Å²) in [7, 11) is 0. The Labute approximate surface area is 128 Å². The number of nitrogens with one attached hydrogen (secondary N) is 1. The van der Waals surface area contributed by atoms with Crippen LogP contribution in [0.1, 0.15) is 6.42 Å². The Balaban J connectivity index is 2.40. The molecule has 2 N–H and O–H groups in total. The molecule has 1 fully saturated rings. The van der Waals surface area contributed by atoms with Crippen molar-refractivity contribution in [1.29, 1.82) is 0 Å². The molecule has 1 heterocycles. The summed E-state index contributed by atoms with van der Waals surface area (Å²) in [5.74, 6) is -1.14. The van der Waals surface area contributed by atoms with Crippen LogP contribution in [-0.4, -0.2) is 38.9 Å². The van der Waals surface area contributed by atoms with Crippen molar-refractivity contribution in [3.63, 3.8) is 0 Å². The summed E-state index contributed by atoms with van der Waals surface area (Å²) in [6.45, 7) is 0.129. The summed E-state index contributed by atoms with van der Waals surface area (Å²) in [4.78, 5) is 31.4. The Morgan fingerprint density at radius 1 is 1.36 bits per heavy atom. The Morgan fingerprint density at radius 3 is 2.59 bits per heavy atom. The first-order valence-corrected chi connectivity index (χ1v) is 6.56. The Morgan fingerprint density at radius 2 is 2.05 bits per heavy atom. The number of anilines is 1. The monoisotopic (exact) mass is 330 g/mol. The number of carboxylic acids is 1. The Kier molecular flexibility index (Phi) is 4.43. The third-order valence-corrected chi connectivity index (χ3v) is 3.46. The third kappa shape index (κ3) is 3.23. The van der Waals surface area contributed by atoms with Gasteiger partial charge < -0.3 is 5.11 Å². The number of rotatable bonds is 4. The maximum atomic E-state index is 11.1. The van der Waals surface area contributed by atoms with E-state index < -0.39 is 38.6 Å². The van der Waals surface area contributed by atoms with E-state index in [1.54, 1.807) is 0 Å². The first-order chi connectivity index (χ1) is 10.3. The zero-order valence-electron chi connectivity index (χ0n) is 11.0. The number of benzene rings is 1. The number of hydrogen-bond donors (Lipinski definition) is 2. The summed E-state index contributed by atoms with van der Waals surface area (Å²) < 4.78 is 0. The smallest absolute Gasteiger partial charge is 0.322 e. The van der Waals surface area contributed by atoms with Crippen molar-refractivity contribution >= 4 is 34.6 Å². The van der Waals surface area contributed by atoms with Gasteiger partial charge in [0.15, 0.2) is 0 Å². The van der Waals surface area contributed by atoms with Gasteiger partial charge in [-0.3, -0.25) is 30.0 Å². The van der Waals surface area contributed by atoms with E-state index in [4.69, 9.17) is 16.7 Å². The van der Waals surface area contributed by atoms with Gasteiger partial charge in [0.25, 0.3) is 5.69 Å². The van der Waals surface area contributed by atoms with Crippen LogP contribution < -0.4 is 10.4 Å². The topological polar surface area (TPSA) is 139 Å². The van der Waals surface area contributed by atoms with Crippen molar-refractivity contribution < 1.29 is 19.7 Å². The molecule has 11 heteroatoms. The highest BCUT2D eigenvalue weighted by molar-refractivity contribution is 6.21. The average molecular weight is 331 g/mol. The third-order valence-electron chi connectivity index (χ3n) is 3.14. The average Bonchev–Trinajstić information content (AvgIpc) is 2.45. The molecule has 0 saturated carbocycles. The quantitative estimate of drug-likeness (QED) is 0.478. The molecule has 0 unspecified atom stereocenters. The molecule has 1 saturated heterocycles. The molecule has 2 rings (SSSR count). The molecule has 1 aliphatic rings. The first kappa shape index (κ1) is 15.9. The molecule has 0 aliphatic carbocycles. The van der Waals surface area contributed by atoms with Crippen LogP contribution in [0.5, 0.6) is 0 Å². The van der Waals surface area contributed by atoms with Crippen LogP contribution in [0.3, 0.4) is 0 Å². The van der Waals surface area contributed by atoms with Crippen molar-refractivity contribution in [2.75, 3.05) is 11.6 Å². The minimum absolute atomic E-state index is 0.0206. The Bertz CT molecular complexity index is 639. The van der Waals surface area contributed by atoms with Gasteiger partial charge in [-0.25, -0.2) is 5.43 Å². The first-order valence-electron chi connectivity index (χ1n) is 6.13. The van der Waals surface area contributed by atoms with Crippen LogP contribution >= 0.6 is 11.6 Å². The molecular formula is C11H11ClN4O6. The maximum absolute atomic E-state index is 11.1. The van der Waals surface area contributed by atoms with Gasteiger partial charge in [0, 0.05) is 6.07 Å². The fourth-order valence-electron chi connectivity index (χ4n) is 2.15. The van der Waals surface area contributed by atoms with Crippen LogP contribution in [0.4, 0.5) is 17.1 Å². The van der Waals surface area contributed by atoms with Gasteiger partial charge in [-0.15, -0.1) is 11.6 Å². The van der Waals surface area contributed by atoms with Crippen LogP contribution in [0.25, 0.3) is 0 Å². The summed E-state index contributed by atoms with van der Waals surface area (Å²) >= 11 is 5.99. The number of non-ortho nitro benzene ring substituents is 1. The lowest BCUT2D eigenvalue weighted by atomic mass is 10.1. The highest BCUT2D eigenvalue weighted by Gasteiger charge is 2.33. The summed E-state index contributed by atoms with van der Waals surface area (Å²) in [6.07, 6.45) is 0.161. The van der Waals surface area contributed by atoms with Crippen LogP contribution in [0.2, 0.25) is 0 Å². The predicted octanol–water partition coefficient (Wildman–Crippen LogP) is 1.28. The zero-order chi connectivity index (χ0) is 16.4. The van der Waals surface area contributed by atoms with Crippen LogP contribution in [0.15, 0.2) is 18.2 Å². The van der Waals surface area contributed by atoms with E-state index in [1.165, 1.54) is 11.1 Å². The second kappa shape index (κ2) is 6.12. The lowest BCUT2D eigenvalue weighted by molar-refractivity contribution is -0.393. The molecule has 118 valence electrons. The molecule has 0 bridgehead atoms. The number of nitrogens with zero attached hydrogens (tertiary/aromatic N) is 3. The van der Waals surface area contributed by atoms with Crippen LogP contribution in [-0.2, 0) is 4.79 Å². The minimum atomic E-state index is -1.14. The second-order valence-electron chi connectivity index (χ2n) is 4.65. The molecule has 1 aromatic rings. The van der Waals surface area contributed by atoms with E-state index in [1.807, 2.05) is 0 Å². The maximum Gasteiger partial charge on any atom is 0.322 e. The van der Waals surface area contributed by atoms with Gasteiger partial charge in [-0.05, 0) is 12.5 Å². The van der Waals surface area contributed by atoms with E-state index in [9.17, 15) is 25.0 Å². The van der Waals surface area contributed by atoms with Gasteiger partial charge in [0.2, 0.25) is 0 Å². The van der Waals surface area contributed by atoms with E-state index in [-0.39, 0.29) is 18.7 Å². The standard InChI is InChI=1S/C11H11ClN4O6/c12-6-3-8(11(17)18)13-14(5-6)9-2-1-7(15(19)20)4-10(9)16(21)22/h1-2,4,6,8,13H,3,5H2,(H,17,18)/t6-,8+/m1/s1. The van der Waals surface area contributed by atoms with Gasteiger partial charge in [0.05, 0.1) is 27.8 Å². The minimum Gasteiger partial charge on any atom is -0.480 e. The number of carbonyl (C=O) groups is 1. The summed E-state index contributed by atoms with van der Waals surface area (Å²) in [5.41, 5.74) is 1.71. The van der Waals surface area contributed by atoms with E-state index >= 15 is 0 Å². The number of nitro benzene ring substituents is 2. The van der Waals surface area contributed by atoms with Crippen molar-refractivity contribution in [3.05, 3.63) is 38.4 Å². The van der Waals surface area contributed by atoms with Crippen molar-refractivity contribution in [2.45, 2.75) is 17.8 Å². The number of halogens is 1. The molecule has 2 atom stereocenters. The lowest BCUT2D eigenvalue weighted by Gasteiger charge is -2.35. The molecule has 22 heavy (non-hydrogen) atoms. The molecular weight excluding hydrogens is 320 g/mol. The molecule has 10 nitrogen and oxygen atoms in total. The van der Waals surface area contributed by atoms with Crippen molar-refractivity contribution in [3.8, 4) is 0 Å². The van der Waals surface area contributed by atoms with Gasteiger partial charge >= 0.3 is 11.7 Å². The second-order valence-corrected chi connectivity index (χ2v) is 5.27. The lowest BCUT2D eigenvalue weighted by Crippen LogP contribution is -2.56. The highest BCUT2D eigenvalue weighted by atomic mass is 35.5. The number of hydrazine groups is 1. The number of alkyl halides is 1. The molecule has 0 spiro atoms. The van der Waals surface area contributed by atoms with Crippen molar-refractivity contribution in [1.82, 2.24) is 5.43 Å². The fraction of sp³-hybridized carbons (Fsp3) is 0.364. The number of carboxylic acid groups (broad SMARTS) is 1. The normalized spacial score (nSPS) is 21.4. The molecule has 0 aromatic heterocycles. The Hall–Kier alpha value is -2.46.